The van der Waals surface area contributed by atoms with Crippen LogP contribution in [0.3, 0.4) is 0 Å². The second-order valence-corrected chi connectivity index (χ2v) is 6.58. The normalized spacial score (nSPS) is 12.2. The molecule has 0 fully saturated rings. The van der Waals surface area contributed by atoms with Crippen LogP contribution in [-0.2, 0) is 6.42 Å². The van der Waals surface area contributed by atoms with Gasteiger partial charge in [0.25, 0.3) is 0 Å². The van der Waals surface area contributed by atoms with Gasteiger partial charge in [0.15, 0.2) is 0 Å². The Hall–Kier alpha value is -0.860. The summed E-state index contributed by atoms with van der Waals surface area (Å²) in [5.74, 6) is 0.602. The third-order valence-electron chi connectivity index (χ3n) is 3.56. The number of rotatable bonds is 7. The number of benzene rings is 1. The van der Waals surface area contributed by atoms with E-state index in [4.69, 9.17) is 5.73 Å². The highest BCUT2D eigenvalue weighted by Gasteiger charge is 2.09. The largest absolute Gasteiger partial charge is 0.326 e. The van der Waals surface area contributed by atoms with E-state index in [1.54, 1.807) is 0 Å². The van der Waals surface area contributed by atoms with Gasteiger partial charge in [-0.3, -0.25) is 0 Å². The number of hydrogen-bond donors (Lipinski definition) is 2. The van der Waals surface area contributed by atoms with Gasteiger partial charge in [-0.25, -0.2) is 0 Å². The first-order valence-electron chi connectivity index (χ1n) is 7.38. The highest BCUT2D eigenvalue weighted by Crippen LogP contribution is 2.18. The van der Waals surface area contributed by atoms with E-state index in [1.165, 1.54) is 16.7 Å². The van der Waals surface area contributed by atoms with Crippen molar-refractivity contribution in [3.05, 3.63) is 34.9 Å². The van der Waals surface area contributed by atoms with Gasteiger partial charge >= 0.3 is 0 Å². The van der Waals surface area contributed by atoms with E-state index in [9.17, 15) is 0 Å². The Morgan fingerprint density at radius 3 is 2.47 bits per heavy atom. The van der Waals surface area contributed by atoms with Crippen LogP contribution in [0.15, 0.2) is 18.2 Å². The van der Waals surface area contributed by atoms with E-state index < -0.39 is 0 Å². The Labute approximate surface area is 118 Å². The Morgan fingerprint density at radius 1 is 1.21 bits per heavy atom. The standard InChI is InChI=1S/C17H30N2/c1-13(2)15-7-6-14(3)16(12-15)8-10-19-11-9-17(4,5)18/h6-7,12-13,19H,8-11,18H2,1-5H3. The first kappa shape index (κ1) is 16.2. The third kappa shape index (κ3) is 6.22. The van der Waals surface area contributed by atoms with E-state index in [1.807, 2.05) is 0 Å². The van der Waals surface area contributed by atoms with E-state index >= 15 is 0 Å². The van der Waals surface area contributed by atoms with Crippen molar-refractivity contribution in [2.75, 3.05) is 13.1 Å². The molecule has 108 valence electrons. The number of aryl methyl sites for hydroxylation is 1. The molecule has 2 nitrogen and oxygen atoms in total. The molecule has 19 heavy (non-hydrogen) atoms. The molecule has 0 radical (unpaired) electrons. The molecule has 0 unspecified atom stereocenters. The van der Waals surface area contributed by atoms with Crippen LogP contribution in [0.5, 0.6) is 0 Å². The van der Waals surface area contributed by atoms with Gasteiger partial charge in [-0.2, -0.15) is 0 Å². The van der Waals surface area contributed by atoms with Crippen LogP contribution in [0.4, 0.5) is 0 Å². The lowest BCUT2D eigenvalue weighted by atomic mass is 9.96. The van der Waals surface area contributed by atoms with Crippen molar-refractivity contribution in [3.8, 4) is 0 Å². The van der Waals surface area contributed by atoms with Crippen molar-refractivity contribution in [2.45, 2.75) is 58.9 Å². The third-order valence-corrected chi connectivity index (χ3v) is 3.56. The van der Waals surface area contributed by atoms with Gasteiger partial charge in [0.1, 0.15) is 0 Å². The molecule has 0 bridgehead atoms. The molecule has 0 aliphatic heterocycles. The van der Waals surface area contributed by atoms with Crippen LogP contribution in [-0.4, -0.2) is 18.6 Å². The van der Waals surface area contributed by atoms with Crippen LogP contribution in [0, 0.1) is 6.92 Å². The fourth-order valence-electron chi connectivity index (χ4n) is 2.08. The molecule has 1 aromatic rings. The van der Waals surface area contributed by atoms with Crippen LogP contribution in [0.1, 0.15) is 56.7 Å². The minimum atomic E-state index is -0.0690. The minimum Gasteiger partial charge on any atom is -0.326 e. The molecule has 0 aliphatic carbocycles. The predicted octanol–water partition coefficient (Wildman–Crippen LogP) is 3.38. The van der Waals surface area contributed by atoms with E-state index in [0.29, 0.717) is 5.92 Å². The molecular formula is C17H30N2. The summed E-state index contributed by atoms with van der Waals surface area (Å²) in [6, 6.07) is 6.84. The first-order chi connectivity index (χ1) is 8.79. The highest BCUT2D eigenvalue weighted by atomic mass is 14.9. The van der Waals surface area contributed by atoms with Crippen molar-refractivity contribution in [2.24, 2.45) is 5.73 Å². The van der Waals surface area contributed by atoms with Crippen LogP contribution in [0.2, 0.25) is 0 Å². The summed E-state index contributed by atoms with van der Waals surface area (Å²) in [6.07, 6.45) is 2.11. The Balaban J connectivity index is 2.42. The van der Waals surface area contributed by atoms with Crippen LogP contribution < -0.4 is 11.1 Å². The predicted molar refractivity (Wildman–Crippen MR) is 84.7 cm³/mol. The van der Waals surface area contributed by atoms with Crippen molar-refractivity contribution < 1.29 is 0 Å². The molecule has 1 aromatic carbocycles. The molecule has 0 saturated heterocycles. The fourth-order valence-corrected chi connectivity index (χ4v) is 2.08. The zero-order valence-corrected chi connectivity index (χ0v) is 13.2. The minimum absolute atomic E-state index is 0.0690. The molecule has 0 aromatic heterocycles. The van der Waals surface area contributed by atoms with Crippen molar-refractivity contribution >= 4 is 0 Å². The zero-order chi connectivity index (χ0) is 14.5. The zero-order valence-electron chi connectivity index (χ0n) is 13.2. The summed E-state index contributed by atoms with van der Waals surface area (Å²) in [7, 11) is 0. The molecule has 0 heterocycles. The molecule has 0 aliphatic rings. The number of nitrogens with one attached hydrogen (secondary N) is 1. The lowest BCUT2D eigenvalue weighted by Crippen LogP contribution is -2.36. The molecule has 2 heteroatoms. The average molecular weight is 262 g/mol. The Bertz CT molecular complexity index is 389. The molecular weight excluding hydrogens is 232 g/mol. The van der Waals surface area contributed by atoms with Crippen LogP contribution >= 0.6 is 0 Å². The molecule has 1 rings (SSSR count). The SMILES string of the molecule is Cc1ccc(C(C)C)cc1CCNCCC(C)(C)N. The molecule has 0 amide bonds. The maximum Gasteiger partial charge on any atom is 0.0109 e. The number of hydrogen-bond acceptors (Lipinski definition) is 2. The number of nitrogens with two attached hydrogens (primary N) is 1. The second kappa shape index (κ2) is 7.06. The molecule has 0 spiro atoms. The average Bonchev–Trinajstić information content (AvgIpc) is 2.29. The highest BCUT2D eigenvalue weighted by molar-refractivity contribution is 5.32. The maximum atomic E-state index is 5.97. The fraction of sp³-hybridized carbons (Fsp3) is 0.647. The summed E-state index contributed by atoms with van der Waals surface area (Å²) in [6.45, 7) is 12.9. The molecule has 0 atom stereocenters. The van der Waals surface area contributed by atoms with Crippen molar-refractivity contribution in [1.82, 2.24) is 5.32 Å². The van der Waals surface area contributed by atoms with Crippen molar-refractivity contribution in [3.63, 3.8) is 0 Å². The van der Waals surface area contributed by atoms with Gasteiger partial charge in [-0.15, -0.1) is 0 Å². The quantitative estimate of drug-likeness (QED) is 0.739. The molecule has 3 N–H and O–H groups in total. The van der Waals surface area contributed by atoms with E-state index in [2.05, 4.69) is 58.1 Å². The maximum absolute atomic E-state index is 5.97. The van der Waals surface area contributed by atoms with Crippen molar-refractivity contribution in [1.29, 1.82) is 0 Å². The van der Waals surface area contributed by atoms with Gasteiger partial charge in [0.05, 0.1) is 0 Å². The van der Waals surface area contributed by atoms with E-state index in [-0.39, 0.29) is 5.54 Å². The van der Waals surface area contributed by atoms with Gasteiger partial charge in [-0.1, -0.05) is 32.0 Å². The van der Waals surface area contributed by atoms with E-state index in [0.717, 1.165) is 25.9 Å². The van der Waals surface area contributed by atoms with Gasteiger partial charge < -0.3 is 11.1 Å². The summed E-state index contributed by atoms with van der Waals surface area (Å²) in [5.41, 5.74) is 10.2. The first-order valence-corrected chi connectivity index (χ1v) is 7.38. The summed E-state index contributed by atoms with van der Waals surface area (Å²) in [5, 5.41) is 3.49. The smallest absolute Gasteiger partial charge is 0.0109 e. The Morgan fingerprint density at radius 2 is 1.89 bits per heavy atom. The summed E-state index contributed by atoms with van der Waals surface area (Å²) < 4.78 is 0. The lowest BCUT2D eigenvalue weighted by Gasteiger charge is -2.18. The summed E-state index contributed by atoms with van der Waals surface area (Å²) in [4.78, 5) is 0. The summed E-state index contributed by atoms with van der Waals surface area (Å²) >= 11 is 0. The lowest BCUT2D eigenvalue weighted by molar-refractivity contribution is 0.456. The topological polar surface area (TPSA) is 38.0 Å². The second-order valence-electron chi connectivity index (χ2n) is 6.58. The monoisotopic (exact) mass is 262 g/mol. The Kier molecular flexibility index (Phi) is 6.02. The van der Waals surface area contributed by atoms with Gasteiger partial charge in [0.2, 0.25) is 0 Å². The van der Waals surface area contributed by atoms with Crippen LogP contribution in [0.25, 0.3) is 0 Å². The van der Waals surface area contributed by atoms with Gasteiger partial charge in [0, 0.05) is 5.54 Å². The van der Waals surface area contributed by atoms with Gasteiger partial charge in [-0.05, 0) is 69.3 Å². The molecule has 0 saturated carbocycles.